The van der Waals surface area contributed by atoms with Gasteiger partial charge in [0.2, 0.25) is 0 Å². The van der Waals surface area contributed by atoms with Crippen LogP contribution in [0.3, 0.4) is 0 Å². The molecule has 2 rings (SSSR count). The van der Waals surface area contributed by atoms with E-state index >= 15 is 0 Å². The van der Waals surface area contributed by atoms with Crippen molar-refractivity contribution in [2.24, 2.45) is 0 Å². The molecule has 0 atom stereocenters. The van der Waals surface area contributed by atoms with Crippen molar-refractivity contribution in [3.63, 3.8) is 0 Å². The van der Waals surface area contributed by atoms with Crippen LogP contribution in [0.5, 0.6) is 0 Å². The fraction of sp³-hybridized carbons (Fsp3) is 0.188. The van der Waals surface area contributed by atoms with Gasteiger partial charge in [0.25, 0.3) is 5.91 Å². The molecule has 0 aliphatic rings. The molecule has 0 saturated heterocycles. The number of benzene rings is 1. The molecule has 102 valence electrons. The van der Waals surface area contributed by atoms with Gasteiger partial charge in [0.1, 0.15) is 12.4 Å². The molecule has 0 aliphatic carbocycles. The number of aliphatic hydroxyl groups excluding tert-OH is 1. The predicted octanol–water partition coefficient (Wildman–Crippen LogP) is 1.86. The van der Waals surface area contributed by atoms with Crippen LogP contribution in [0.2, 0.25) is 0 Å². The van der Waals surface area contributed by atoms with Gasteiger partial charge in [0.15, 0.2) is 5.76 Å². The monoisotopic (exact) mass is 269 g/mol. The Balaban J connectivity index is 1.98. The Bertz CT molecular complexity index is 662. The molecule has 2 N–H and O–H groups in total. The van der Waals surface area contributed by atoms with Gasteiger partial charge >= 0.3 is 0 Å². The average molecular weight is 269 g/mol. The second-order valence-electron chi connectivity index (χ2n) is 4.25. The normalized spacial score (nSPS) is 9.70. The van der Waals surface area contributed by atoms with Crippen LogP contribution in [0, 0.1) is 18.8 Å². The number of furan rings is 1. The minimum Gasteiger partial charge on any atom is -0.456 e. The van der Waals surface area contributed by atoms with E-state index in [1.807, 2.05) is 24.3 Å². The van der Waals surface area contributed by atoms with E-state index in [9.17, 15) is 4.79 Å². The highest BCUT2D eigenvalue weighted by Gasteiger charge is 2.09. The van der Waals surface area contributed by atoms with Crippen LogP contribution in [0.1, 0.15) is 27.4 Å². The zero-order chi connectivity index (χ0) is 14.4. The first-order valence-corrected chi connectivity index (χ1v) is 6.22. The fourth-order valence-electron chi connectivity index (χ4n) is 1.73. The van der Waals surface area contributed by atoms with E-state index in [-0.39, 0.29) is 12.5 Å². The number of amides is 1. The highest BCUT2D eigenvalue weighted by Crippen LogP contribution is 2.07. The van der Waals surface area contributed by atoms with Gasteiger partial charge in [-0.2, -0.15) is 0 Å². The Kier molecular flexibility index (Phi) is 4.59. The quantitative estimate of drug-likeness (QED) is 0.836. The third-order valence-electron chi connectivity index (χ3n) is 2.66. The van der Waals surface area contributed by atoms with Crippen LogP contribution >= 0.6 is 0 Å². The molecule has 0 spiro atoms. The number of hydrogen-bond donors (Lipinski definition) is 2. The molecule has 0 saturated carbocycles. The highest BCUT2D eigenvalue weighted by atomic mass is 16.3. The maximum absolute atomic E-state index is 11.8. The zero-order valence-corrected chi connectivity index (χ0v) is 11.1. The molecule has 1 amide bonds. The van der Waals surface area contributed by atoms with Crippen molar-refractivity contribution in [2.75, 3.05) is 6.61 Å². The molecule has 0 bridgehead atoms. The van der Waals surface area contributed by atoms with E-state index < -0.39 is 0 Å². The SMILES string of the molecule is Cc1ccc(C(=O)NCc2cccc(C#CCO)c2)o1. The largest absolute Gasteiger partial charge is 0.456 e. The minimum atomic E-state index is -0.245. The summed E-state index contributed by atoms with van der Waals surface area (Å²) in [7, 11) is 0. The number of aliphatic hydroxyl groups is 1. The van der Waals surface area contributed by atoms with Gasteiger partial charge in [-0.1, -0.05) is 24.0 Å². The molecule has 1 aromatic heterocycles. The lowest BCUT2D eigenvalue weighted by molar-refractivity contribution is 0.0922. The van der Waals surface area contributed by atoms with Crippen LogP contribution < -0.4 is 5.32 Å². The van der Waals surface area contributed by atoms with E-state index in [4.69, 9.17) is 9.52 Å². The second-order valence-corrected chi connectivity index (χ2v) is 4.25. The Morgan fingerprint density at radius 1 is 1.35 bits per heavy atom. The summed E-state index contributed by atoms with van der Waals surface area (Å²) in [5, 5.41) is 11.4. The number of carbonyl (C=O) groups is 1. The van der Waals surface area contributed by atoms with E-state index in [1.165, 1.54) is 0 Å². The Hall–Kier alpha value is -2.51. The fourth-order valence-corrected chi connectivity index (χ4v) is 1.73. The molecule has 20 heavy (non-hydrogen) atoms. The van der Waals surface area contributed by atoms with Crippen molar-refractivity contribution in [1.82, 2.24) is 5.32 Å². The van der Waals surface area contributed by atoms with Crippen LogP contribution in [0.15, 0.2) is 40.8 Å². The smallest absolute Gasteiger partial charge is 0.287 e. The summed E-state index contributed by atoms with van der Waals surface area (Å²) >= 11 is 0. The van der Waals surface area contributed by atoms with Crippen LogP contribution in [-0.2, 0) is 6.54 Å². The lowest BCUT2D eigenvalue weighted by Gasteiger charge is -2.04. The molecule has 1 heterocycles. The number of rotatable bonds is 3. The molecule has 0 radical (unpaired) electrons. The van der Waals surface area contributed by atoms with Crippen molar-refractivity contribution in [1.29, 1.82) is 0 Å². The summed E-state index contributed by atoms with van der Waals surface area (Å²) in [5.41, 5.74) is 1.74. The molecular formula is C16H15NO3. The number of carbonyl (C=O) groups excluding carboxylic acids is 1. The lowest BCUT2D eigenvalue weighted by atomic mass is 10.1. The first-order chi connectivity index (χ1) is 9.69. The maximum atomic E-state index is 11.8. The maximum Gasteiger partial charge on any atom is 0.287 e. The molecule has 0 unspecified atom stereocenters. The van der Waals surface area contributed by atoms with Crippen LogP contribution in [-0.4, -0.2) is 17.6 Å². The van der Waals surface area contributed by atoms with E-state index in [0.717, 1.165) is 11.1 Å². The van der Waals surface area contributed by atoms with Gasteiger partial charge in [-0.15, -0.1) is 0 Å². The number of aryl methyl sites for hydroxylation is 1. The lowest BCUT2D eigenvalue weighted by Crippen LogP contribution is -2.22. The molecule has 4 nitrogen and oxygen atoms in total. The van der Waals surface area contributed by atoms with E-state index in [0.29, 0.717) is 18.1 Å². The number of hydrogen-bond acceptors (Lipinski definition) is 3. The van der Waals surface area contributed by atoms with Gasteiger partial charge in [-0.05, 0) is 36.8 Å². The van der Waals surface area contributed by atoms with Gasteiger partial charge in [-0.25, -0.2) is 0 Å². The average Bonchev–Trinajstić information content (AvgIpc) is 2.90. The van der Waals surface area contributed by atoms with Crippen molar-refractivity contribution in [3.05, 3.63) is 59.0 Å². The van der Waals surface area contributed by atoms with E-state index in [1.54, 1.807) is 19.1 Å². The van der Waals surface area contributed by atoms with Crippen molar-refractivity contribution >= 4 is 5.91 Å². The first-order valence-electron chi connectivity index (χ1n) is 6.22. The van der Waals surface area contributed by atoms with Gasteiger partial charge < -0.3 is 14.8 Å². The van der Waals surface area contributed by atoms with Crippen molar-refractivity contribution in [2.45, 2.75) is 13.5 Å². The molecule has 1 aromatic carbocycles. The van der Waals surface area contributed by atoms with Gasteiger partial charge in [-0.3, -0.25) is 4.79 Å². The molecular weight excluding hydrogens is 254 g/mol. The summed E-state index contributed by atoms with van der Waals surface area (Å²) in [6.07, 6.45) is 0. The summed E-state index contributed by atoms with van der Waals surface area (Å²) in [5.74, 6) is 6.18. The summed E-state index contributed by atoms with van der Waals surface area (Å²) < 4.78 is 5.25. The van der Waals surface area contributed by atoms with Gasteiger partial charge in [0.05, 0.1) is 0 Å². The van der Waals surface area contributed by atoms with Crippen LogP contribution in [0.25, 0.3) is 0 Å². The molecule has 2 aromatic rings. The zero-order valence-electron chi connectivity index (χ0n) is 11.1. The third-order valence-corrected chi connectivity index (χ3v) is 2.66. The predicted molar refractivity (Wildman–Crippen MR) is 75.0 cm³/mol. The van der Waals surface area contributed by atoms with Gasteiger partial charge in [0, 0.05) is 12.1 Å². The van der Waals surface area contributed by atoms with Crippen LogP contribution in [0.4, 0.5) is 0 Å². The number of nitrogens with one attached hydrogen (secondary N) is 1. The molecule has 4 heteroatoms. The Morgan fingerprint density at radius 3 is 2.90 bits per heavy atom. The summed E-state index contributed by atoms with van der Waals surface area (Å²) in [6.45, 7) is 2.02. The second kappa shape index (κ2) is 6.60. The Morgan fingerprint density at radius 2 is 2.20 bits per heavy atom. The van der Waals surface area contributed by atoms with Crippen molar-refractivity contribution < 1.29 is 14.3 Å². The topological polar surface area (TPSA) is 62.5 Å². The Labute approximate surface area is 117 Å². The summed E-state index contributed by atoms with van der Waals surface area (Å²) in [6, 6.07) is 10.9. The van der Waals surface area contributed by atoms with Crippen molar-refractivity contribution in [3.8, 4) is 11.8 Å². The molecule has 0 aliphatic heterocycles. The highest BCUT2D eigenvalue weighted by molar-refractivity contribution is 5.91. The third kappa shape index (κ3) is 3.74. The minimum absolute atomic E-state index is 0.168. The molecule has 0 fully saturated rings. The summed E-state index contributed by atoms with van der Waals surface area (Å²) in [4.78, 5) is 11.8. The standard InChI is InChI=1S/C16H15NO3/c1-12-7-8-15(20-12)16(19)17-11-14-5-2-4-13(10-14)6-3-9-18/h2,4-5,7-8,10,18H,9,11H2,1H3,(H,17,19). The first kappa shape index (κ1) is 13.9. The van der Waals surface area contributed by atoms with E-state index in [2.05, 4.69) is 17.2 Å².